The van der Waals surface area contributed by atoms with E-state index in [2.05, 4.69) is 56.4 Å². The molecule has 1 nitrogen and oxygen atoms in total. The molecule has 0 heterocycles. The van der Waals surface area contributed by atoms with Crippen LogP contribution in [0.3, 0.4) is 0 Å². The summed E-state index contributed by atoms with van der Waals surface area (Å²) >= 11 is 2.34. The molecule has 0 spiro atoms. The molecular weight excluding hydrogens is 287 g/mol. The van der Waals surface area contributed by atoms with Crippen molar-refractivity contribution >= 4 is 22.6 Å². The van der Waals surface area contributed by atoms with Gasteiger partial charge in [-0.3, -0.25) is 0 Å². The van der Waals surface area contributed by atoms with Gasteiger partial charge in [-0.2, -0.15) is 0 Å². The van der Waals surface area contributed by atoms with Gasteiger partial charge < -0.3 is 5.11 Å². The van der Waals surface area contributed by atoms with Crippen molar-refractivity contribution < 1.29 is 5.11 Å². The van der Waals surface area contributed by atoms with E-state index < -0.39 is 0 Å². The Morgan fingerprint density at radius 3 is 1.93 bits per heavy atom. The quantitative estimate of drug-likeness (QED) is 0.810. The normalized spacial score (nSPS) is 11.4. The van der Waals surface area contributed by atoms with E-state index in [0.29, 0.717) is 17.6 Å². The Morgan fingerprint density at radius 2 is 1.50 bits per heavy atom. The van der Waals surface area contributed by atoms with Crippen LogP contribution in [0, 0.1) is 3.57 Å². The molecule has 0 bridgehead atoms. The summed E-state index contributed by atoms with van der Waals surface area (Å²) in [6, 6.07) is 4.00. The van der Waals surface area contributed by atoms with Gasteiger partial charge in [-0.05, 0) is 57.7 Å². The minimum Gasteiger partial charge on any atom is -0.508 e. The summed E-state index contributed by atoms with van der Waals surface area (Å²) in [5.74, 6) is 1.28. The molecule has 0 saturated carbocycles. The van der Waals surface area contributed by atoms with E-state index >= 15 is 0 Å². The third kappa shape index (κ3) is 2.41. The average Bonchev–Trinajstić information content (AvgIpc) is 2.07. The molecule has 1 aromatic carbocycles. The molecule has 0 aliphatic rings. The third-order valence-corrected chi connectivity index (χ3v) is 3.32. The predicted molar refractivity (Wildman–Crippen MR) is 69.0 cm³/mol. The minimum absolute atomic E-state index is 0.379. The van der Waals surface area contributed by atoms with Gasteiger partial charge in [0.2, 0.25) is 0 Å². The van der Waals surface area contributed by atoms with Gasteiger partial charge in [0.1, 0.15) is 5.75 Å². The maximum absolute atomic E-state index is 9.83. The Morgan fingerprint density at radius 1 is 1.00 bits per heavy atom. The van der Waals surface area contributed by atoms with Crippen molar-refractivity contribution in [1.29, 1.82) is 0 Å². The molecule has 0 aliphatic heterocycles. The zero-order chi connectivity index (χ0) is 10.9. The fourth-order valence-electron chi connectivity index (χ4n) is 1.50. The SMILES string of the molecule is CC(C)c1cc(I)c(C(C)C)cc1O. The number of hydrogen-bond donors (Lipinski definition) is 1. The van der Waals surface area contributed by atoms with Crippen LogP contribution in [0.2, 0.25) is 0 Å². The molecule has 0 amide bonds. The van der Waals surface area contributed by atoms with Crippen LogP contribution >= 0.6 is 22.6 Å². The summed E-state index contributed by atoms with van der Waals surface area (Å²) in [4.78, 5) is 0. The van der Waals surface area contributed by atoms with E-state index in [0.717, 1.165) is 5.56 Å². The summed E-state index contributed by atoms with van der Waals surface area (Å²) in [6.45, 7) is 8.48. The molecule has 14 heavy (non-hydrogen) atoms. The lowest BCUT2D eigenvalue weighted by molar-refractivity contribution is 0.463. The van der Waals surface area contributed by atoms with E-state index in [1.807, 2.05) is 6.07 Å². The second-order valence-corrected chi connectivity index (χ2v) is 5.40. The van der Waals surface area contributed by atoms with E-state index in [1.54, 1.807) is 0 Å². The highest BCUT2D eigenvalue weighted by Crippen LogP contribution is 2.32. The molecule has 2 heteroatoms. The van der Waals surface area contributed by atoms with Crippen molar-refractivity contribution in [2.45, 2.75) is 39.5 Å². The Labute approximate surface area is 99.7 Å². The zero-order valence-corrected chi connectivity index (χ0v) is 11.3. The van der Waals surface area contributed by atoms with Crippen LogP contribution in [0.4, 0.5) is 0 Å². The van der Waals surface area contributed by atoms with Crippen LogP contribution in [-0.2, 0) is 0 Å². The fraction of sp³-hybridized carbons (Fsp3) is 0.500. The number of rotatable bonds is 2. The molecule has 0 fully saturated rings. The Kier molecular flexibility index (Phi) is 3.81. The Balaban J connectivity index is 3.24. The van der Waals surface area contributed by atoms with Gasteiger partial charge >= 0.3 is 0 Å². The van der Waals surface area contributed by atoms with Crippen molar-refractivity contribution in [2.75, 3.05) is 0 Å². The number of hydrogen-bond acceptors (Lipinski definition) is 1. The highest BCUT2D eigenvalue weighted by Gasteiger charge is 2.12. The Hall–Kier alpha value is -0.250. The van der Waals surface area contributed by atoms with E-state index in [9.17, 15) is 5.11 Å². The van der Waals surface area contributed by atoms with Gasteiger partial charge in [-0.15, -0.1) is 0 Å². The maximum atomic E-state index is 9.83. The molecule has 0 aromatic heterocycles. The lowest BCUT2D eigenvalue weighted by Crippen LogP contribution is -1.96. The monoisotopic (exact) mass is 304 g/mol. The smallest absolute Gasteiger partial charge is 0.119 e. The van der Waals surface area contributed by atoms with Gasteiger partial charge in [0.15, 0.2) is 0 Å². The lowest BCUT2D eigenvalue weighted by Gasteiger charge is -2.14. The van der Waals surface area contributed by atoms with Gasteiger partial charge in [0.25, 0.3) is 0 Å². The molecule has 1 N–H and O–H groups in total. The van der Waals surface area contributed by atoms with Gasteiger partial charge in [0.05, 0.1) is 0 Å². The van der Waals surface area contributed by atoms with E-state index in [1.165, 1.54) is 9.13 Å². The number of phenolic OH excluding ortho intramolecular Hbond substituents is 1. The van der Waals surface area contributed by atoms with Crippen LogP contribution in [0.5, 0.6) is 5.75 Å². The van der Waals surface area contributed by atoms with Crippen molar-refractivity contribution in [2.24, 2.45) is 0 Å². The number of benzene rings is 1. The van der Waals surface area contributed by atoms with Crippen LogP contribution in [0.25, 0.3) is 0 Å². The first-order valence-electron chi connectivity index (χ1n) is 4.95. The summed E-state index contributed by atoms with van der Waals surface area (Å²) in [5, 5.41) is 9.83. The molecule has 1 aromatic rings. The van der Waals surface area contributed by atoms with Crippen LogP contribution in [0.1, 0.15) is 50.7 Å². The van der Waals surface area contributed by atoms with Crippen molar-refractivity contribution in [3.8, 4) is 5.75 Å². The van der Waals surface area contributed by atoms with Crippen molar-refractivity contribution in [1.82, 2.24) is 0 Å². The molecule has 0 unspecified atom stereocenters. The molecule has 0 saturated heterocycles. The first-order chi connectivity index (χ1) is 6.43. The second kappa shape index (κ2) is 4.51. The maximum Gasteiger partial charge on any atom is 0.119 e. The third-order valence-electron chi connectivity index (χ3n) is 2.39. The lowest BCUT2D eigenvalue weighted by atomic mass is 9.96. The second-order valence-electron chi connectivity index (χ2n) is 4.24. The van der Waals surface area contributed by atoms with Gasteiger partial charge in [-0.25, -0.2) is 0 Å². The zero-order valence-electron chi connectivity index (χ0n) is 9.13. The molecule has 1 rings (SSSR count). The number of phenols is 1. The van der Waals surface area contributed by atoms with Gasteiger partial charge in [-0.1, -0.05) is 27.7 Å². The van der Waals surface area contributed by atoms with Crippen LogP contribution < -0.4 is 0 Å². The first-order valence-corrected chi connectivity index (χ1v) is 6.03. The highest BCUT2D eigenvalue weighted by atomic mass is 127. The predicted octanol–water partition coefficient (Wildman–Crippen LogP) is 4.24. The first kappa shape index (κ1) is 11.8. The van der Waals surface area contributed by atoms with Crippen molar-refractivity contribution in [3.05, 3.63) is 26.8 Å². The number of halogens is 1. The van der Waals surface area contributed by atoms with Crippen LogP contribution in [0.15, 0.2) is 12.1 Å². The summed E-state index contributed by atoms with van der Waals surface area (Å²) in [6.07, 6.45) is 0. The standard InChI is InChI=1S/C12H17IO/c1-7(2)9-6-12(14)10(8(3)4)5-11(9)13/h5-8,14H,1-4H3. The summed E-state index contributed by atoms with van der Waals surface area (Å²) < 4.78 is 1.25. The largest absolute Gasteiger partial charge is 0.508 e. The molecule has 0 aliphatic carbocycles. The molecule has 0 radical (unpaired) electrons. The summed E-state index contributed by atoms with van der Waals surface area (Å²) in [7, 11) is 0. The highest BCUT2D eigenvalue weighted by molar-refractivity contribution is 14.1. The van der Waals surface area contributed by atoms with E-state index in [-0.39, 0.29) is 0 Å². The summed E-state index contributed by atoms with van der Waals surface area (Å²) in [5.41, 5.74) is 2.27. The fourth-order valence-corrected chi connectivity index (χ4v) is 2.61. The van der Waals surface area contributed by atoms with Gasteiger partial charge in [0, 0.05) is 3.57 Å². The molecular formula is C12H17IO. The average molecular weight is 304 g/mol. The molecule has 0 atom stereocenters. The molecule has 78 valence electrons. The van der Waals surface area contributed by atoms with E-state index in [4.69, 9.17) is 0 Å². The topological polar surface area (TPSA) is 20.2 Å². The number of aromatic hydroxyl groups is 1. The minimum atomic E-state index is 0.379. The Bertz CT molecular complexity index is 296. The van der Waals surface area contributed by atoms with Crippen LogP contribution in [-0.4, -0.2) is 5.11 Å². The van der Waals surface area contributed by atoms with Crippen molar-refractivity contribution in [3.63, 3.8) is 0 Å².